The van der Waals surface area contributed by atoms with Crippen molar-refractivity contribution in [3.63, 3.8) is 0 Å². The summed E-state index contributed by atoms with van der Waals surface area (Å²) in [5.74, 6) is -0.375. The van der Waals surface area contributed by atoms with Crippen molar-refractivity contribution in [1.29, 1.82) is 0 Å². The number of hydrogen-bond acceptors (Lipinski definition) is 6. The first kappa shape index (κ1) is 21.0. The molecule has 8 nitrogen and oxygen atoms in total. The maximum absolute atomic E-state index is 13.3. The van der Waals surface area contributed by atoms with Gasteiger partial charge in [-0.05, 0) is 48.2 Å². The van der Waals surface area contributed by atoms with Crippen LogP contribution >= 0.6 is 0 Å². The third-order valence-electron chi connectivity index (χ3n) is 5.78. The smallest absolute Gasteiger partial charge is 0.254 e. The molecule has 0 saturated carbocycles. The summed E-state index contributed by atoms with van der Waals surface area (Å²) in [6.07, 6.45) is 4.71. The Bertz CT molecular complexity index is 961. The number of carbonyl (C=O) groups is 2. The monoisotopic (exact) mass is 422 g/mol. The van der Waals surface area contributed by atoms with Gasteiger partial charge in [0.15, 0.2) is 0 Å². The Labute approximate surface area is 181 Å². The van der Waals surface area contributed by atoms with E-state index in [1.54, 1.807) is 34.3 Å². The van der Waals surface area contributed by atoms with Gasteiger partial charge in [0.2, 0.25) is 5.91 Å². The molecule has 2 saturated heterocycles. The van der Waals surface area contributed by atoms with Crippen LogP contribution in [0, 0.1) is 0 Å². The minimum atomic E-state index is -0.647. The maximum atomic E-state index is 13.3. The number of nitrogens with zero attached hydrogens (tertiary/aromatic N) is 4. The summed E-state index contributed by atoms with van der Waals surface area (Å²) in [5.41, 5.74) is 3.16. The first-order chi connectivity index (χ1) is 15.1. The molecular formula is C23H26N4O4. The number of oxime groups is 1. The molecule has 2 aliphatic heterocycles. The van der Waals surface area contributed by atoms with Gasteiger partial charge in [0, 0.05) is 37.5 Å². The van der Waals surface area contributed by atoms with E-state index in [9.17, 15) is 14.7 Å². The van der Waals surface area contributed by atoms with Gasteiger partial charge in [0.1, 0.15) is 13.2 Å². The maximum Gasteiger partial charge on any atom is 0.254 e. The second-order valence-electron chi connectivity index (χ2n) is 7.89. The quantitative estimate of drug-likeness (QED) is 0.760. The Hall–Kier alpha value is -3.26. The molecule has 3 heterocycles. The molecule has 1 N–H and O–H groups in total. The number of aliphatic hydroxyl groups is 1. The zero-order valence-corrected chi connectivity index (χ0v) is 17.5. The van der Waals surface area contributed by atoms with E-state index in [0.29, 0.717) is 37.2 Å². The highest BCUT2D eigenvalue weighted by Crippen LogP contribution is 2.24. The van der Waals surface area contributed by atoms with Crippen LogP contribution in [0.5, 0.6) is 0 Å². The topological polar surface area (TPSA) is 95.3 Å². The number of aromatic nitrogens is 1. The van der Waals surface area contributed by atoms with Crippen molar-refractivity contribution < 1.29 is 19.5 Å². The van der Waals surface area contributed by atoms with Crippen molar-refractivity contribution >= 4 is 17.5 Å². The van der Waals surface area contributed by atoms with Crippen molar-refractivity contribution in [2.24, 2.45) is 5.16 Å². The zero-order valence-electron chi connectivity index (χ0n) is 17.5. The van der Waals surface area contributed by atoms with E-state index in [1.807, 2.05) is 24.3 Å². The average Bonchev–Trinajstić information content (AvgIpc) is 3.23. The number of aliphatic hydroxyl groups excluding tert-OH is 1. The molecule has 1 aromatic carbocycles. The molecule has 2 atom stereocenters. The van der Waals surface area contributed by atoms with Crippen LogP contribution in [0.3, 0.4) is 0 Å². The molecule has 162 valence electrons. The third kappa shape index (κ3) is 4.59. The molecule has 1 aromatic heterocycles. The highest BCUT2D eigenvalue weighted by Gasteiger charge is 2.41. The lowest BCUT2D eigenvalue weighted by molar-refractivity contribution is -0.138. The fraction of sp³-hybridized carbons (Fsp3) is 0.391. The number of amides is 2. The number of benzene rings is 1. The Morgan fingerprint density at radius 3 is 2.52 bits per heavy atom. The second kappa shape index (κ2) is 9.26. The number of likely N-dealkylation sites (tertiary alicyclic amines) is 2. The average molecular weight is 422 g/mol. The molecule has 2 aliphatic rings. The molecule has 8 heteroatoms. The standard InChI is InChI=1S/C23H26N4O4/c1-31-25-19-13-21(23(30)26-12-2-3-20(28)15-26)27(14-19)22(29)18-6-4-16(5-7-18)17-8-10-24-11-9-17/h4-11,20-21,28H,2-3,12-15H2,1H3/b25-19-/t20?,21-/m0/s1. The number of piperidine rings is 1. The minimum Gasteiger partial charge on any atom is -0.399 e. The fourth-order valence-electron chi connectivity index (χ4n) is 4.22. The van der Waals surface area contributed by atoms with Crippen LogP contribution in [0.25, 0.3) is 11.1 Å². The fourth-order valence-corrected chi connectivity index (χ4v) is 4.22. The zero-order chi connectivity index (χ0) is 21.8. The molecule has 31 heavy (non-hydrogen) atoms. The van der Waals surface area contributed by atoms with Crippen LogP contribution in [0.2, 0.25) is 0 Å². The minimum absolute atomic E-state index is 0.151. The SMILES string of the molecule is CO/N=C1/C[C@@H](C(=O)N2CCCC(O)C2)N(C(=O)c2ccc(-c3ccncc3)cc2)C1. The molecule has 2 fully saturated rings. The van der Waals surface area contributed by atoms with Crippen LogP contribution in [-0.2, 0) is 9.63 Å². The second-order valence-corrected chi connectivity index (χ2v) is 7.89. The summed E-state index contributed by atoms with van der Waals surface area (Å²) in [6, 6.07) is 10.5. The Morgan fingerprint density at radius 2 is 1.84 bits per heavy atom. The van der Waals surface area contributed by atoms with E-state index < -0.39 is 12.1 Å². The molecule has 0 spiro atoms. The lowest BCUT2D eigenvalue weighted by atomic mass is 10.0. The van der Waals surface area contributed by atoms with Crippen molar-refractivity contribution in [2.45, 2.75) is 31.4 Å². The van der Waals surface area contributed by atoms with Crippen molar-refractivity contribution in [3.05, 3.63) is 54.4 Å². The van der Waals surface area contributed by atoms with Gasteiger partial charge in [0.25, 0.3) is 5.91 Å². The highest BCUT2D eigenvalue weighted by atomic mass is 16.6. The largest absolute Gasteiger partial charge is 0.399 e. The van der Waals surface area contributed by atoms with Gasteiger partial charge in [0.05, 0.1) is 18.4 Å². The highest BCUT2D eigenvalue weighted by molar-refractivity contribution is 6.05. The van der Waals surface area contributed by atoms with Gasteiger partial charge >= 0.3 is 0 Å². The molecule has 1 unspecified atom stereocenters. The molecule has 0 aliphatic carbocycles. The summed E-state index contributed by atoms with van der Waals surface area (Å²) in [6.45, 7) is 1.13. The normalized spacial score (nSPS) is 22.6. The number of carbonyl (C=O) groups excluding carboxylic acids is 2. The Balaban J connectivity index is 1.55. The summed E-state index contributed by atoms with van der Waals surface area (Å²) in [4.78, 5) is 38.6. The molecule has 0 bridgehead atoms. The summed E-state index contributed by atoms with van der Waals surface area (Å²) in [7, 11) is 1.45. The van der Waals surface area contributed by atoms with Gasteiger partial charge in [-0.3, -0.25) is 14.6 Å². The summed E-state index contributed by atoms with van der Waals surface area (Å²) < 4.78 is 0. The molecule has 2 aromatic rings. The van der Waals surface area contributed by atoms with E-state index in [4.69, 9.17) is 4.84 Å². The predicted molar refractivity (Wildman–Crippen MR) is 115 cm³/mol. The Kier molecular flexibility index (Phi) is 6.27. The summed E-state index contributed by atoms with van der Waals surface area (Å²) in [5, 5.41) is 14.0. The van der Waals surface area contributed by atoms with E-state index in [0.717, 1.165) is 17.5 Å². The van der Waals surface area contributed by atoms with E-state index >= 15 is 0 Å². The first-order valence-corrected chi connectivity index (χ1v) is 10.4. The number of rotatable bonds is 4. The lowest BCUT2D eigenvalue weighted by Crippen LogP contribution is -2.51. The van der Waals surface area contributed by atoms with Gasteiger partial charge < -0.3 is 19.7 Å². The number of hydrogen-bond donors (Lipinski definition) is 1. The molecular weight excluding hydrogens is 396 g/mol. The van der Waals surface area contributed by atoms with Gasteiger partial charge in [-0.1, -0.05) is 17.3 Å². The van der Waals surface area contributed by atoms with Crippen molar-refractivity contribution in [1.82, 2.24) is 14.8 Å². The molecule has 2 amide bonds. The number of pyridine rings is 1. The van der Waals surface area contributed by atoms with Crippen molar-refractivity contribution in [2.75, 3.05) is 26.7 Å². The lowest BCUT2D eigenvalue weighted by Gasteiger charge is -2.34. The predicted octanol–water partition coefficient (Wildman–Crippen LogP) is 1.95. The number of β-amino-alcohol motifs (C(OH)–C–C–N with tert-alkyl or cyclic N) is 1. The van der Waals surface area contributed by atoms with Gasteiger partial charge in [-0.15, -0.1) is 0 Å². The van der Waals surface area contributed by atoms with Crippen LogP contribution < -0.4 is 0 Å². The van der Waals surface area contributed by atoms with Crippen LogP contribution in [0.1, 0.15) is 29.6 Å². The van der Waals surface area contributed by atoms with Crippen LogP contribution in [0.15, 0.2) is 53.9 Å². The summed E-state index contributed by atoms with van der Waals surface area (Å²) >= 11 is 0. The van der Waals surface area contributed by atoms with E-state index in [-0.39, 0.29) is 18.4 Å². The van der Waals surface area contributed by atoms with Crippen molar-refractivity contribution in [3.8, 4) is 11.1 Å². The third-order valence-corrected chi connectivity index (χ3v) is 5.78. The Morgan fingerprint density at radius 1 is 1.13 bits per heavy atom. The molecule has 4 rings (SSSR count). The van der Waals surface area contributed by atoms with Crippen LogP contribution in [-0.4, -0.2) is 76.3 Å². The van der Waals surface area contributed by atoms with E-state index in [2.05, 4.69) is 10.1 Å². The van der Waals surface area contributed by atoms with Gasteiger partial charge in [-0.2, -0.15) is 0 Å². The van der Waals surface area contributed by atoms with Crippen LogP contribution in [0.4, 0.5) is 0 Å². The first-order valence-electron chi connectivity index (χ1n) is 10.4. The van der Waals surface area contributed by atoms with E-state index in [1.165, 1.54) is 7.11 Å². The van der Waals surface area contributed by atoms with Gasteiger partial charge in [-0.25, -0.2) is 0 Å². The molecule has 0 radical (unpaired) electrons.